The van der Waals surface area contributed by atoms with Gasteiger partial charge in [0, 0.05) is 25.7 Å². The molecule has 2 aliphatic rings. The van der Waals surface area contributed by atoms with Crippen molar-refractivity contribution in [2.24, 2.45) is 0 Å². The van der Waals surface area contributed by atoms with Crippen LogP contribution in [0.2, 0.25) is 0 Å². The first-order chi connectivity index (χ1) is 17.5. The third-order valence-electron chi connectivity index (χ3n) is 5.79. The van der Waals surface area contributed by atoms with Gasteiger partial charge in [-0.2, -0.15) is 0 Å². The first kappa shape index (κ1) is 27.7. The number of aliphatic hydroxyl groups excluding tert-OH is 1. The van der Waals surface area contributed by atoms with Crippen molar-refractivity contribution in [3.8, 4) is 0 Å². The molecule has 36 heavy (non-hydrogen) atoms. The summed E-state index contributed by atoms with van der Waals surface area (Å²) >= 11 is 0. The molecule has 0 aliphatic carbocycles. The lowest BCUT2D eigenvalue weighted by molar-refractivity contribution is -0.149. The van der Waals surface area contributed by atoms with E-state index >= 15 is 0 Å². The van der Waals surface area contributed by atoms with Crippen LogP contribution in [-0.2, 0) is 28.5 Å². The van der Waals surface area contributed by atoms with Gasteiger partial charge in [-0.15, -0.1) is 0 Å². The second kappa shape index (κ2) is 14.0. The standard InChI is InChI=1S/C24H33N3O9/c1-26-20(29)6-5-19(23(26)31)27-22(30)17-3-2-4-18(21(17)24(27)32)25-7-9-33-11-13-35-15-16-36-14-12-34-10-8-28/h2-4,19,25,28H,5-16H2,1H3. The molecule has 2 heterocycles. The van der Waals surface area contributed by atoms with Crippen LogP contribution in [0, 0.1) is 0 Å². The predicted molar refractivity (Wildman–Crippen MR) is 127 cm³/mol. The van der Waals surface area contributed by atoms with Crippen molar-refractivity contribution in [3.05, 3.63) is 29.3 Å². The number of anilines is 1. The number of fused-ring (bicyclic) bond motifs is 1. The van der Waals surface area contributed by atoms with E-state index in [4.69, 9.17) is 24.1 Å². The van der Waals surface area contributed by atoms with Gasteiger partial charge in [-0.3, -0.25) is 29.0 Å². The maximum atomic E-state index is 13.1. The minimum Gasteiger partial charge on any atom is -0.394 e. The van der Waals surface area contributed by atoms with Crippen LogP contribution in [0.1, 0.15) is 33.6 Å². The van der Waals surface area contributed by atoms with Crippen molar-refractivity contribution >= 4 is 29.3 Å². The summed E-state index contributed by atoms with van der Waals surface area (Å²) in [5.74, 6) is -1.95. The summed E-state index contributed by atoms with van der Waals surface area (Å²) in [6, 6.07) is 3.94. The van der Waals surface area contributed by atoms with Gasteiger partial charge >= 0.3 is 0 Å². The van der Waals surface area contributed by atoms with Crippen molar-refractivity contribution in [2.45, 2.75) is 18.9 Å². The summed E-state index contributed by atoms with van der Waals surface area (Å²) in [4.78, 5) is 52.4. The van der Waals surface area contributed by atoms with Crippen LogP contribution in [-0.4, -0.2) is 118 Å². The average Bonchev–Trinajstić information content (AvgIpc) is 3.13. The number of carbonyl (C=O) groups is 4. The zero-order chi connectivity index (χ0) is 25.9. The van der Waals surface area contributed by atoms with Crippen molar-refractivity contribution in [1.82, 2.24) is 9.80 Å². The van der Waals surface area contributed by atoms with Gasteiger partial charge in [-0.25, -0.2) is 0 Å². The van der Waals surface area contributed by atoms with Crippen molar-refractivity contribution < 1.29 is 43.2 Å². The number of ether oxygens (including phenoxy) is 4. The fraction of sp³-hybridized carbons (Fsp3) is 0.583. The lowest BCUT2D eigenvalue weighted by Crippen LogP contribution is -2.54. The number of nitrogens with one attached hydrogen (secondary N) is 1. The Bertz CT molecular complexity index is 939. The molecule has 1 atom stereocenters. The monoisotopic (exact) mass is 507 g/mol. The highest BCUT2D eigenvalue weighted by Crippen LogP contribution is 2.33. The molecule has 2 N–H and O–H groups in total. The number of imide groups is 2. The molecule has 3 rings (SSSR count). The number of piperidine rings is 1. The third kappa shape index (κ3) is 6.86. The molecule has 1 saturated heterocycles. The molecule has 0 saturated carbocycles. The SMILES string of the molecule is CN1C(=O)CCC(N2C(=O)c3cccc(NCCOCCOCCOCCOCCO)c3C2=O)C1=O. The largest absolute Gasteiger partial charge is 0.394 e. The number of likely N-dealkylation sites (N-methyl/N-ethyl adjacent to an activating group) is 1. The molecule has 0 radical (unpaired) electrons. The normalized spacial score (nSPS) is 17.8. The van der Waals surface area contributed by atoms with Gasteiger partial charge in [0.15, 0.2) is 0 Å². The molecular weight excluding hydrogens is 474 g/mol. The van der Waals surface area contributed by atoms with E-state index < -0.39 is 23.8 Å². The molecule has 1 aromatic carbocycles. The van der Waals surface area contributed by atoms with E-state index in [0.717, 1.165) is 9.80 Å². The Hall–Kier alpha value is -2.90. The molecule has 0 spiro atoms. The van der Waals surface area contributed by atoms with E-state index in [1.165, 1.54) is 7.05 Å². The quantitative estimate of drug-likeness (QED) is 0.230. The molecular formula is C24H33N3O9. The van der Waals surface area contributed by atoms with Gasteiger partial charge in [-0.1, -0.05) is 6.07 Å². The van der Waals surface area contributed by atoms with Gasteiger partial charge in [-0.05, 0) is 18.6 Å². The molecule has 2 aliphatic heterocycles. The molecule has 1 unspecified atom stereocenters. The molecule has 1 aromatic rings. The van der Waals surface area contributed by atoms with E-state index in [2.05, 4.69) is 5.32 Å². The van der Waals surface area contributed by atoms with E-state index in [1.54, 1.807) is 18.2 Å². The second-order valence-corrected chi connectivity index (χ2v) is 8.15. The number of carbonyl (C=O) groups excluding carboxylic acids is 4. The number of likely N-dealkylation sites (tertiary alicyclic amines) is 1. The highest BCUT2D eigenvalue weighted by atomic mass is 16.6. The van der Waals surface area contributed by atoms with Crippen LogP contribution in [0.4, 0.5) is 5.69 Å². The van der Waals surface area contributed by atoms with E-state index in [-0.39, 0.29) is 36.5 Å². The van der Waals surface area contributed by atoms with Crippen LogP contribution < -0.4 is 5.32 Å². The summed E-state index contributed by atoms with van der Waals surface area (Å²) in [6.07, 6.45) is 0.219. The van der Waals surface area contributed by atoms with Gasteiger partial charge in [0.1, 0.15) is 6.04 Å². The highest BCUT2D eigenvalue weighted by Gasteiger charge is 2.47. The van der Waals surface area contributed by atoms with Crippen molar-refractivity contribution in [2.75, 3.05) is 78.4 Å². The molecule has 12 nitrogen and oxygen atoms in total. The zero-order valence-corrected chi connectivity index (χ0v) is 20.4. The molecule has 12 heteroatoms. The van der Waals surface area contributed by atoms with E-state index in [1.807, 2.05) is 0 Å². The van der Waals surface area contributed by atoms with Crippen LogP contribution in [0.25, 0.3) is 0 Å². The molecule has 4 amide bonds. The zero-order valence-electron chi connectivity index (χ0n) is 20.4. The summed E-state index contributed by atoms with van der Waals surface area (Å²) in [5, 5.41) is 11.7. The first-order valence-corrected chi connectivity index (χ1v) is 11.9. The highest BCUT2D eigenvalue weighted by molar-refractivity contribution is 6.25. The fourth-order valence-electron chi connectivity index (χ4n) is 3.96. The summed E-state index contributed by atoms with van der Waals surface area (Å²) in [7, 11) is 1.36. The van der Waals surface area contributed by atoms with Crippen molar-refractivity contribution in [1.29, 1.82) is 0 Å². The maximum Gasteiger partial charge on any atom is 0.264 e. The maximum absolute atomic E-state index is 13.1. The topological polar surface area (TPSA) is 144 Å². The first-order valence-electron chi connectivity index (χ1n) is 11.9. The van der Waals surface area contributed by atoms with E-state index in [0.29, 0.717) is 65.1 Å². The average molecular weight is 508 g/mol. The van der Waals surface area contributed by atoms with Crippen LogP contribution in [0.5, 0.6) is 0 Å². The fourth-order valence-corrected chi connectivity index (χ4v) is 3.96. The Morgan fingerprint density at radius 1 is 0.889 bits per heavy atom. The second-order valence-electron chi connectivity index (χ2n) is 8.15. The van der Waals surface area contributed by atoms with Gasteiger partial charge < -0.3 is 29.4 Å². The molecule has 198 valence electrons. The Kier molecular flexibility index (Phi) is 10.8. The Morgan fingerprint density at radius 3 is 2.14 bits per heavy atom. The third-order valence-corrected chi connectivity index (χ3v) is 5.79. The van der Waals surface area contributed by atoms with Crippen LogP contribution in [0.15, 0.2) is 18.2 Å². The number of aliphatic hydroxyl groups is 1. The number of benzene rings is 1. The number of rotatable bonds is 16. The lowest BCUT2D eigenvalue weighted by Gasteiger charge is -2.32. The Morgan fingerprint density at radius 2 is 1.50 bits per heavy atom. The van der Waals surface area contributed by atoms with E-state index in [9.17, 15) is 19.2 Å². The Balaban J connectivity index is 1.38. The summed E-state index contributed by atoms with van der Waals surface area (Å²) in [5.41, 5.74) is 0.940. The predicted octanol–water partition coefficient (Wildman–Crippen LogP) is -0.0994. The summed E-state index contributed by atoms with van der Waals surface area (Å²) in [6.45, 7) is 3.56. The van der Waals surface area contributed by atoms with Crippen LogP contribution >= 0.6 is 0 Å². The number of nitrogens with zero attached hydrogens (tertiary/aromatic N) is 2. The van der Waals surface area contributed by atoms with Gasteiger partial charge in [0.2, 0.25) is 5.91 Å². The lowest BCUT2D eigenvalue weighted by atomic mass is 10.0. The van der Waals surface area contributed by atoms with Gasteiger partial charge in [0.05, 0.1) is 70.6 Å². The minimum atomic E-state index is -0.985. The number of amides is 4. The molecule has 1 fully saturated rings. The van der Waals surface area contributed by atoms with Gasteiger partial charge in [0.25, 0.3) is 17.7 Å². The Labute approximate surface area is 209 Å². The number of hydrogen-bond donors (Lipinski definition) is 2. The van der Waals surface area contributed by atoms with Crippen LogP contribution in [0.3, 0.4) is 0 Å². The smallest absolute Gasteiger partial charge is 0.264 e. The molecule has 0 aromatic heterocycles. The van der Waals surface area contributed by atoms with Crippen molar-refractivity contribution in [3.63, 3.8) is 0 Å². The summed E-state index contributed by atoms with van der Waals surface area (Å²) < 4.78 is 21.3. The minimum absolute atomic E-state index is 0.00672. The molecule has 0 bridgehead atoms. The number of hydrogen-bond acceptors (Lipinski definition) is 10.